The molecule has 4 heterocycles. The predicted molar refractivity (Wildman–Crippen MR) is 156 cm³/mol. The van der Waals surface area contributed by atoms with Crippen LogP contribution in [0.4, 0.5) is 16.4 Å². The number of likely N-dealkylation sites (tertiary alicyclic amines) is 1. The number of hydrogen-bond acceptors (Lipinski definition) is 7. The van der Waals surface area contributed by atoms with Gasteiger partial charge in [0.25, 0.3) is 0 Å². The summed E-state index contributed by atoms with van der Waals surface area (Å²) in [6.07, 6.45) is 2.82. The zero-order valence-electron chi connectivity index (χ0n) is 23.0. The van der Waals surface area contributed by atoms with Crippen LogP contribution in [0.15, 0.2) is 60.9 Å². The fourth-order valence-corrected chi connectivity index (χ4v) is 5.49. The van der Waals surface area contributed by atoms with Gasteiger partial charge in [0.1, 0.15) is 23.3 Å². The van der Waals surface area contributed by atoms with E-state index in [1.807, 2.05) is 66.4 Å². The largest absolute Gasteiger partial charge is 0.444 e. The Morgan fingerprint density at radius 3 is 2.52 bits per heavy atom. The van der Waals surface area contributed by atoms with Crippen molar-refractivity contribution in [2.75, 3.05) is 24.6 Å². The Labute approximate surface area is 232 Å². The van der Waals surface area contributed by atoms with Crippen molar-refractivity contribution >= 4 is 34.1 Å². The Kier molecular flexibility index (Phi) is 6.32. The van der Waals surface area contributed by atoms with E-state index in [1.54, 1.807) is 4.90 Å². The summed E-state index contributed by atoms with van der Waals surface area (Å²) in [4.78, 5) is 18.7. The maximum Gasteiger partial charge on any atom is 0.410 e. The Morgan fingerprint density at radius 2 is 1.80 bits per heavy atom. The van der Waals surface area contributed by atoms with E-state index in [9.17, 15) is 4.79 Å². The maximum absolute atomic E-state index is 12.6. The van der Waals surface area contributed by atoms with Gasteiger partial charge in [-0.2, -0.15) is 10.2 Å². The van der Waals surface area contributed by atoms with Crippen molar-refractivity contribution in [3.8, 4) is 11.1 Å². The van der Waals surface area contributed by atoms with Gasteiger partial charge in [-0.3, -0.25) is 0 Å². The van der Waals surface area contributed by atoms with Crippen molar-refractivity contribution in [2.24, 2.45) is 0 Å². The molecule has 0 radical (unpaired) electrons. The number of amides is 1. The van der Waals surface area contributed by atoms with E-state index in [0.717, 1.165) is 51.6 Å². The quantitative estimate of drug-likeness (QED) is 0.327. The van der Waals surface area contributed by atoms with Crippen LogP contribution in [0, 0.1) is 0 Å². The summed E-state index contributed by atoms with van der Waals surface area (Å²) >= 11 is 0. The molecule has 2 aromatic carbocycles. The Morgan fingerprint density at radius 1 is 1.05 bits per heavy atom. The molecule has 1 fully saturated rings. The van der Waals surface area contributed by atoms with Gasteiger partial charge >= 0.3 is 6.09 Å². The highest BCUT2D eigenvalue weighted by Crippen LogP contribution is 2.38. The molecule has 0 atom stereocenters. The molecule has 1 saturated heterocycles. The van der Waals surface area contributed by atoms with Crippen molar-refractivity contribution < 1.29 is 9.53 Å². The molecule has 4 N–H and O–H groups in total. The van der Waals surface area contributed by atoms with E-state index in [2.05, 4.69) is 28.3 Å². The zero-order valence-corrected chi connectivity index (χ0v) is 23.0. The van der Waals surface area contributed by atoms with Gasteiger partial charge in [-0.05, 0) is 62.9 Å². The van der Waals surface area contributed by atoms with Crippen LogP contribution in [-0.4, -0.2) is 54.1 Å². The van der Waals surface area contributed by atoms with Crippen LogP contribution in [0.25, 0.3) is 27.5 Å². The molecule has 1 aliphatic rings. The molecule has 40 heavy (non-hydrogen) atoms. The number of carbonyl (C=O) groups is 1. The smallest absolute Gasteiger partial charge is 0.410 e. The number of anilines is 2. The van der Waals surface area contributed by atoms with Crippen molar-refractivity contribution in [2.45, 2.75) is 51.7 Å². The average Bonchev–Trinajstić information content (AvgIpc) is 3.47. The number of benzene rings is 2. The molecular weight excluding hydrogens is 504 g/mol. The third kappa shape index (κ3) is 4.81. The second kappa shape index (κ2) is 9.86. The number of hydrogen-bond donors (Lipinski definition) is 2. The van der Waals surface area contributed by atoms with Gasteiger partial charge in [-0.1, -0.05) is 36.4 Å². The molecule has 5 aromatic rings. The lowest BCUT2D eigenvalue weighted by Crippen LogP contribution is -2.41. The molecule has 1 amide bonds. The first-order valence-corrected chi connectivity index (χ1v) is 13.6. The number of rotatable bonds is 4. The number of nitrogen functional groups attached to an aromatic ring is 2. The molecular formula is C30H34N8O2. The highest BCUT2D eigenvalue weighted by molar-refractivity contribution is 5.96. The number of nitrogens with two attached hydrogens (primary N) is 2. The van der Waals surface area contributed by atoms with Crippen molar-refractivity contribution in [3.05, 3.63) is 72.2 Å². The second-order valence-corrected chi connectivity index (χ2v) is 11.4. The van der Waals surface area contributed by atoms with Crippen LogP contribution in [-0.2, 0) is 11.3 Å². The third-order valence-corrected chi connectivity index (χ3v) is 7.44. The summed E-state index contributed by atoms with van der Waals surface area (Å²) < 4.78 is 9.31. The molecule has 0 spiro atoms. The molecule has 0 saturated carbocycles. The average molecular weight is 539 g/mol. The third-order valence-electron chi connectivity index (χ3n) is 7.44. The molecule has 10 nitrogen and oxygen atoms in total. The second-order valence-electron chi connectivity index (χ2n) is 11.4. The summed E-state index contributed by atoms with van der Waals surface area (Å²) in [7, 11) is 0. The number of piperidine rings is 1. The lowest BCUT2D eigenvalue weighted by atomic mass is 9.93. The number of fused-ring (bicyclic) bond motifs is 2. The molecule has 0 unspecified atom stereocenters. The normalized spacial score (nSPS) is 14.7. The number of ether oxygens (including phenoxy) is 1. The lowest BCUT2D eigenvalue weighted by molar-refractivity contribution is 0.0203. The van der Waals surface area contributed by atoms with E-state index in [0.29, 0.717) is 31.3 Å². The van der Waals surface area contributed by atoms with Crippen molar-refractivity contribution in [1.29, 1.82) is 0 Å². The van der Waals surface area contributed by atoms with Gasteiger partial charge in [0.15, 0.2) is 5.82 Å². The van der Waals surface area contributed by atoms with Crippen LogP contribution in [0.5, 0.6) is 0 Å². The summed E-state index contributed by atoms with van der Waals surface area (Å²) in [6, 6.07) is 18.4. The molecule has 3 aromatic heterocycles. The molecule has 10 heteroatoms. The van der Waals surface area contributed by atoms with Gasteiger partial charge in [-0.25, -0.2) is 19.0 Å². The van der Waals surface area contributed by atoms with Gasteiger partial charge in [-0.15, -0.1) is 0 Å². The van der Waals surface area contributed by atoms with Crippen LogP contribution < -0.4 is 11.5 Å². The highest BCUT2D eigenvalue weighted by atomic mass is 16.6. The highest BCUT2D eigenvalue weighted by Gasteiger charge is 2.30. The summed E-state index contributed by atoms with van der Waals surface area (Å²) in [5.74, 6) is 1.25. The van der Waals surface area contributed by atoms with Gasteiger partial charge in [0, 0.05) is 35.7 Å². The standard InChI is InChI=1S/C30H34N8O2/c1-30(2,3)40-29(39)36-13-11-20(12-14-36)25-16-23(26-27(31)33-18-34-38(25)26)21-9-10-22-24(15-21)35-37(28(22)32)17-19-7-5-4-6-8-19/h4-10,15-16,18,20H,11-14,17,32H2,1-3H3,(H2,31,33,34). The van der Waals surface area contributed by atoms with E-state index >= 15 is 0 Å². The minimum Gasteiger partial charge on any atom is -0.444 e. The van der Waals surface area contributed by atoms with Crippen LogP contribution in [0.1, 0.15) is 50.8 Å². The number of carbonyl (C=O) groups excluding carboxylic acids is 1. The molecule has 6 rings (SSSR count). The van der Waals surface area contributed by atoms with Gasteiger partial charge in [0.05, 0.1) is 12.1 Å². The molecule has 206 valence electrons. The summed E-state index contributed by atoms with van der Waals surface area (Å²) in [6.45, 7) is 7.48. The van der Waals surface area contributed by atoms with Crippen LogP contribution >= 0.6 is 0 Å². The van der Waals surface area contributed by atoms with Crippen molar-refractivity contribution in [3.63, 3.8) is 0 Å². The maximum atomic E-state index is 12.6. The number of nitrogens with zero attached hydrogens (tertiary/aromatic N) is 6. The number of aromatic nitrogens is 5. The predicted octanol–water partition coefficient (Wildman–Crippen LogP) is 5.07. The Hall–Kier alpha value is -4.60. The molecule has 1 aliphatic heterocycles. The molecule has 0 bridgehead atoms. The van der Waals surface area contributed by atoms with Crippen LogP contribution in [0.3, 0.4) is 0 Å². The minimum absolute atomic E-state index is 0.207. The van der Waals surface area contributed by atoms with E-state index < -0.39 is 5.60 Å². The van der Waals surface area contributed by atoms with E-state index in [1.165, 1.54) is 6.33 Å². The fraction of sp³-hybridized carbons (Fsp3) is 0.333. The first-order chi connectivity index (χ1) is 19.2. The topological polar surface area (TPSA) is 130 Å². The molecule has 0 aliphatic carbocycles. The Bertz CT molecular complexity index is 1690. The van der Waals surface area contributed by atoms with Gasteiger partial charge in [0.2, 0.25) is 0 Å². The first kappa shape index (κ1) is 25.7. The first-order valence-electron chi connectivity index (χ1n) is 13.6. The van der Waals surface area contributed by atoms with Crippen molar-refractivity contribution in [1.82, 2.24) is 29.3 Å². The van der Waals surface area contributed by atoms with Crippen LogP contribution in [0.2, 0.25) is 0 Å². The van der Waals surface area contributed by atoms with E-state index in [4.69, 9.17) is 21.3 Å². The summed E-state index contributed by atoms with van der Waals surface area (Å²) in [5.41, 5.74) is 18.0. The minimum atomic E-state index is -0.516. The fourth-order valence-electron chi connectivity index (χ4n) is 5.49. The monoisotopic (exact) mass is 538 g/mol. The SMILES string of the molecule is CC(C)(C)OC(=O)N1CCC(c2cc(-c3ccc4c(N)n(Cc5ccccc5)nc4c3)c3c(N)ncnn23)CC1. The lowest BCUT2D eigenvalue weighted by Gasteiger charge is -2.33. The van der Waals surface area contributed by atoms with E-state index in [-0.39, 0.29) is 12.0 Å². The van der Waals surface area contributed by atoms with Gasteiger partial charge < -0.3 is 21.1 Å². The Balaban J connectivity index is 1.32. The zero-order chi connectivity index (χ0) is 28.0. The summed E-state index contributed by atoms with van der Waals surface area (Å²) in [5, 5.41) is 10.3.